The maximum Gasteiger partial charge on any atom is 0.416 e. The minimum absolute atomic E-state index is 0.0421. The van der Waals surface area contributed by atoms with E-state index in [2.05, 4.69) is 15.3 Å². The molecule has 8 nitrogen and oxygen atoms in total. The number of rotatable bonds is 9. The van der Waals surface area contributed by atoms with E-state index in [1.807, 2.05) is 6.07 Å². The molecule has 0 spiro atoms. The highest BCUT2D eigenvalue weighted by atomic mass is 19.4. The summed E-state index contributed by atoms with van der Waals surface area (Å²) in [6.45, 7) is 3.97. The first-order chi connectivity index (χ1) is 17.3. The Labute approximate surface area is 206 Å². The number of amides is 1. The molecule has 1 aliphatic rings. The van der Waals surface area contributed by atoms with Crippen molar-refractivity contribution < 1.29 is 32.2 Å². The van der Waals surface area contributed by atoms with Crippen LogP contribution in [0.2, 0.25) is 0 Å². The number of carbonyl (C=O) groups excluding carboxylic acids is 1. The molecular weight excluding hydrogens is 477 g/mol. The fourth-order valence-corrected chi connectivity index (χ4v) is 3.79. The maximum atomic E-state index is 12.9. The molecule has 0 unspecified atom stereocenters. The van der Waals surface area contributed by atoms with E-state index in [0.29, 0.717) is 31.3 Å². The zero-order chi connectivity index (χ0) is 25.5. The Balaban J connectivity index is 1.41. The number of nitrogens with one attached hydrogen (secondary N) is 1. The number of anilines is 1. The zero-order valence-electron chi connectivity index (χ0n) is 19.8. The molecular formula is C25H27F3N4O4. The Morgan fingerprint density at radius 2 is 1.92 bits per heavy atom. The van der Waals surface area contributed by atoms with Crippen molar-refractivity contribution in [2.75, 3.05) is 51.4 Å². The molecule has 1 aromatic heterocycles. The van der Waals surface area contributed by atoms with Gasteiger partial charge in [-0.2, -0.15) is 18.3 Å². The van der Waals surface area contributed by atoms with Crippen LogP contribution in [0.25, 0.3) is 11.3 Å². The lowest BCUT2D eigenvalue weighted by Gasteiger charge is -2.26. The SMILES string of the molecule is Cn1nccc1-c1cc(NC(=O)COc2cccc(C(F)(F)F)c2)ccc1OCCN1CCOCC1. The predicted octanol–water partition coefficient (Wildman–Crippen LogP) is 3.83. The van der Waals surface area contributed by atoms with Crippen molar-refractivity contribution in [3.05, 3.63) is 60.3 Å². The molecule has 1 amide bonds. The van der Waals surface area contributed by atoms with Gasteiger partial charge in [0.1, 0.15) is 18.1 Å². The van der Waals surface area contributed by atoms with Gasteiger partial charge >= 0.3 is 6.18 Å². The van der Waals surface area contributed by atoms with Crippen LogP contribution in [0.5, 0.6) is 11.5 Å². The molecule has 2 heterocycles. The first-order valence-electron chi connectivity index (χ1n) is 11.4. The van der Waals surface area contributed by atoms with E-state index >= 15 is 0 Å². The number of aromatic nitrogens is 2. The number of morpholine rings is 1. The molecule has 1 aliphatic heterocycles. The highest BCUT2D eigenvalue weighted by molar-refractivity contribution is 5.93. The van der Waals surface area contributed by atoms with Crippen LogP contribution < -0.4 is 14.8 Å². The molecule has 0 bridgehead atoms. The van der Waals surface area contributed by atoms with Crippen LogP contribution in [0.3, 0.4) is 0 Å². The van der Waals surface area contributed by atoms with Crippen molar-refractivity contribution in [3.63, 3.8) is 0 Å². The van der Waals surface area contributed by atoms with E-state index < -0.39 is 24.3 Å². The Morgan fingerprint density at radius 3 is 2.64 bits per heavy atom. The molecule has 0 radical (unpaired) electrons. The fourth-order valence-electron chi connectivity index (χ4n) is 3.79. The van der Waals surface area contributed by atoms with E-state index in [-0.39, 0.29) is 5.75 Å². The van der Waals surface area contributed by atoms with Gasteiger partial charge in [-0.3, -0.25) is 14.4 Å². The summed E-state index contributed by atoms with van der Waals surface area (Å²) in [7, 11) is 1.81. The van der Waals surface area contributed by atoms with Gasteiger partial charge < -0.3 is 19.5 Å². The molecule has 4 rings (SSSR count). The van der Waals surface area contributed by atoms with Crippen LogP contribution in [0, 0.1) is 0 Å². The van der Waals surface area contributed by atoms with Crippen LogP contribution >= 0.6 is 0 Å². The minimum Gasteiger partial charge on any atom is -0.492 e. The Morgan fingerprint density at radius 1 is 1.11 bits per heavy atom. The minimum atomic E-state index is -4.49. The van der Waals surface area contributed by atoms with Gasteiger partial charge in [-0.15, -0.1) is 0 Å². The number of nitrogens with zero attached hydrogens (tertiary/aromatic N) is 3. The molecule has 36 heavy (non-hydrogen) atoms. The average molecular weight is 505 g/mol. The lowest BCUT2D eigenvalue weighted by atomic mass is 10.1. The number of hydrogen-bond donors (Lipinski definition) is 1. The standard InChI is InChI=1S/C25H27F3N4O4/c1-31-22(7-8-29-31)21-16-19(5-6-23(21)35-14-11-32-9-12-34-13-10-32)30-24(33)17-36-20-4-2-3-18(15-20)25(26,27)28/h2-8,15-16H,9-14,17H2,1H3,(H,30,33). The van der Waals surface area contributed by atoms with Crippen molar-refractivity contribution in [3.8, 4) is 22.8 Å². The van der Waals surface area contributed by atoms with E-state index in [9.17, 15) is 18.0 Å². The van der Waals surface area contributed by atoms with Crippen molar-refractivity contribution in [1.29, 1.82) is 0 Å². The fraction of sp³-hybridized carbons (Fsp3) is 0.360. The molecule has 192 valence electrons. The summed E-state index contributed by atoms with van der Waals surface area (Å²) < 4.78 is 57.1. The van der Waals surface area contributed by atoms with Crippen molar-refractivity contribution in [2.45, 2.75) is 6.18 Å². The average Bonchev–Trinajstić information content (AvgIpc) is 3.29. The normalized spacial score (nSPS) is 14.4. The summed E-state index contributed by atoms with van der Waals surface area (Å²) in [4.78, 5) is 14.7. The quantitative estimate of drug-likeness (QED) is 0.477. The Hall–Kier alpha value is -3.57. The second kappa shape index (κ2) is 11.4. The van der Waals surface area contributed by atoms with Gasteiger partial charge in [0.05, 0.1) is 24.5 Å². The van der Waals surface area contributed by atoms with E-state index in [0.717, 1.165) is 43.0 Å². The van der Waals surface area contributed by atoms with Crippen LogP contribution in [0.1, 0.15) is 5.56 Å². The highest BCUT2D eigenvalue weighted by Crippen LogP contribution is 2.33. The smallest absolute Gasteiger partial charge is 0.416 e. The number of halogens is 3. The van der Waals surface area contributed by atoms with Gasteiger partial charge in [0.2, 0.25) is 0 Å². The van der Waals surface area contributed by atoms with Crippen LogP contribution in [0.15, 0.2) is 54.7 Å². The number of carbonyl (C=O) groups is 1. The number of benzene rings is 2. The first kappa shape index (κ1) is 25.5. The van der Waals surface area contributed by atoms with Gasteiger partial charge in [-0.25, -0.2) is 0 Å². The van der Waals surface area contributed by atoms with Gasteiger partial charge in [-0.05, 0) is 42.5 Å². The maximum absolute atomic E-state index is 12.9. The van der Waals surface area contributed by atoms with Gasteiger partial charge in [-0.1, -0.05) is 6.07 Å². The summed E-state index contributed by atoms with van der Waals surface area (Å²) in [6.07, 6.45) is -2.82. The van der Waals surface area contributed by atoms with Crippen molar-refractivity contribution in [2.24, 2.45) is 7.05 Å². The topological polar surface area (TPSA) is 77.9 Å². The summed E-state index contributed by atoms with van der Waals surface area (Å²) in [5, 5.41) is 6.94. The van der Waals surface area contributed by atoms with Gasteiger partial charge in [0, 0.05) is 44.1 Å². The number of aryl methyl sites for hydroxylation is 1. The molecule has 0 atom stereocenters. The second-order valence-corrected chi connectivity index (χ2v) is 8.22. The van der Waals surface area contributed by atoms with Gasteiger partial charge in [0.25, 0.3) is 5.91 Å². The number of ether oxygens (including phenoxy) is 3. The third-order valence-corrected chi connectivity index (χ3v) is 5.66. The largest absolute Gasteiger partial charge is 0.492 e. The molecule has 2 aromatic carbocycles. The molecule has 11 heteroatoms. The van der Waals surface area contributed by atoms with Crippen molar-refractivity contribution in [1.82, 2.24) is 14.7 Å². The third kappa shape index (κ3) is 6.76. The molecule has 0 aliphatic carbocycles. The van der Waals surface area contributed by atoms with Crippen LogP contribution in [-0.4, -0.2) is 66.6 Å². The second-order valence-electron chi connectivity index (χ2n) is 8.22. The zero-order valence-corrected chi connectivity index (χ0v) is 19.8. The molecule has 3 aromatic rings. The summed E-state index contributed by atoms with van der Waals surface area (Å²) in [5.41, 5.74) is 1.19. The predicted molar refractivity (Wildman–Crippen MR) is 127 cm³/mol. The van der Waals surface area contributed by atoms with E-state index in [1.54, 1.807) is 36.1 Å². The molecule has 1 N–H and O–H groups in total. The monoisotopic (exact) mass is 504 g/mol. The molecule has 0 saturated carbocycles. The van der Waals surface area contributed by atoms with E-state index in [4.69, 9.17) is 14.2 Å². The Bertz CT molecular complexity index is 1180. The highest BCUT2D eigenvalue weighted by Gasteiger charge is 2.30. The lowest BCUT2D eigenvalue weighted by molar-refractivity contribution is -0.137. The number of alkyl halides is 3. The van der Waals surface area contributed by atoms with Gasteiger partial charge in [0.15, 0.2) is 6.61 Å². The van der Waals surface area contributed by atoms with E-state index in [1.165, 1.54) is 12.1 Å². The Kier molecular flexibility index (Phi) is 8.11. The molecule has 1 saturated heterocycles. The summed E-state index contributed by atoms with van der Waals surface area (Å²) in [5.74, 6) is 0.0917. The van der Waals surface area contributed by atoms with Crippen LogP contribution in [0.4, 0.5) is 18.9 Å². The summed E-state index contributed by atoms with van der Waals surface area (Å²) in [6, 6.07) is 11.5. The lowest BCUT2D eigenvalue weighted by Crippen LogP contribution is -2.38. The molecule has 1 fully saturated rings. The van der Waals surface area contributed by atoms with Crippen molar-refractivity contribution >= 4 is 11.6 Å². The van der Waals surface area contributed by atoms with Crippen LogP contribution in [-0.2, 0) is 22.8 Å². The third-order valence-electron chi connectivity index (χ3n) is 5.66. The number of hydrogen-bond acceptors (Lipinski definition) is 6. The summed E-state index contributed by atoms with van der Waals surface area (Å²) >= 11 is 0. The first-order valence-corrected chi connectivity index (χ1v) is 11.4.